The number of rotatable bonds is 4. The Labute approximate surface area is 104 Å². The van der Waals surface area contributed by atoms with E-state index in [-0.39, 0.29) is 9.92 Å². The maximum absolute atomic E-state index is 10.6. The van der Waals surface area contributed by atoms with E-state index in [1.807, 2.05) is 5.38 Å². The van der Waals surface area contributed by atoms with Gasteiger partial charge in [0.15, 0.2) is 0 Å². The van der Waals surface area contributed by atoms with Gasteiger partial charge in [0.1, 0.15) is 0 Å². The summed E-state index contributed by atoms with van der Waals surface area (Å²) in [6, 6.07) is 1.68. The molecule has 0 aliphatic carbocycles. The molecular formula is C11H17N3O2S. The third-order valence-corrected chi connectivity index (χ3v) is 4.20. The van der Waals surface area contributed by atoms with E-state index in [1.165, 1.54) is 11.3 Å². The monoisotopic (exact) mass is 255 g/mol. The van der Waals surface area contributed by atoms with Crippen LogP contribution in [0.5, 0.6) is 0 Å². The first-order valence-corrected chi connectivity index (χ1v) is 6.71. The molecule has 5 nitrogen and oxygen atoms in total. The molecule has 0 atom stereocenters. The number of nitro groups is 1. The molecule has 94 valence electrons. The van der Waals surface area contributed by atoms with Crippen molar-refractivity contribution in [2.75, 3.05) is 19.6 Å². The minimum absolute atomic E-state index is 0.233. The zero-order valence-electron chi connectivity index (χ0n) is 9.67. The first kappa shape index (κ1) is 12.5. The standard InChI is InChI=1S/C11H17N3O2S/c12-6-9-1-3-13(4-2-9)7-10-5-11(14(15)16)17-8-10/h5,8-9H,1-4,6-7,12H2. The van der Waals surface area contributed by atoms with Gasteiger partial charge < -0.3 is 5.73 Å². The van der Waals surface area contributed by atoms with Crippen molar-refractivity contribution < 1.29 is 4.92 Å². The van der Waals surface area contributed by atoms with E-state index in [1.54, 1.807) is 6.07 Å². The highest BCUT2D eigenvalue weighted by Gasteiger charge is 2.19. The summed E-state index contributed by atoms with van der Waals surface area (Å²) in [4.78, 5) is 12.6. The molecule has 2 rings (SSSR count). The average Bonchev–Trinajstić information content (AvgIpc) is 2.79. The van der Waals surface area contributed by atoms with Crippen molar-refractivity contribution >= 4 is 16.3 Å². The van der Waals surface area contributed by atoms with Crippen molar-refractivity contribution in [3.8, 4) is 0 Å². The number of piperidine rings is 1. The van der Waals surface area contributed by atoms with Crippen molar-refractivity contribution in [3.63, 3.8) is 0 Å². The van der Waals surface area contributed by atoms with Gasteiger partial charge in [-0.2, -0.15) is 0 Å². The Hall–Kier alpha value is -0.980. The number of nitrogens with zero attached hydrogens (tertiary/aromatic N) is 2. The molecule has 1 aliphatic heterocycles. The Morgan fingerprint density at radius 3 is 2.76 bits per heavy atom. The van der Waals surface area contributed by atoms with Crippen LogP contribution in [0.2, 0.25) is 0 Å². The lowest BCUT2D eigenvalue weighted by Gasteiger charge is -2.30. The molecule has 1 aromatic heterocycles. The molecular weight excluding hydrogens is 238 g/mol. The molecule has 0 radical (unpaired) electrons. The highest BCUT2D eigenvalue weighted by molar-refractivity contribution is 7.13. The van der Waals surface area contributed by atoms with Crippen molar-refractivity contribution in [3.05, 3.63) is 27.1 Å². The Kier molecular flexibility index (Phi) is 4.09. The second-order valence-electron chi connectivity index (χ2n) is 4.51. The Bertz CT molecular complexity index is 386. The van der Waals surface area contributed by atoms with Crippen LogP contribution in [0, 0.1) is 16.0 Å². The number of hydrogen-bond acceptors (Lipinski definition) is 5. The van der Waals surface area contributed by atoms with E-state index >= 15 is 0 Å². The molecule has 6 heteroatoms. The van der Waals surface area contributed by atoms with Crippen LogP contribution in [-0.2, 0) is 6.54 Å². The fourth-order valence-corrected chi connectivity index (χ4v) is 2.90. The smallest absolute Gasteiger partial charge is 0.324 e. The summed E-state index contributed by atoms with van der Waals surface area (Å²) in [7, 11) is 0. The molecule has 1 aromatic rings. The number of nitrogens with two attached hydrogens (primary N) is 1. The van der Waals surface area contributed by atoms with Crippen LogP contribution in [0.4, 0.5) is 5.00 Å². The molecule has 1 fully saturated rings. The minimum Gasteiger partial charge on any atom is -0.330 e. The average molecular weight is 255 g/mol. The Morgan fingerprint density at radius 1 is 1.53 bits per heavy atom. The third-order valence-electron chi connectivity index (χ3n) is 3.27. The van der Waals surface area contributed by atoms with Gasteiger partial charge in [-0.3, -0.25) is 15.0 Å². The van der Waals surface area contributed by atoms with Crippen LogP contribution in [0.1, 0.15) is 18.4 Å². The molecule has 1 aliphatic rings. The zero-order chi connectivity index (χ0) is 12.3. The van der Waals surface area contributed by atoms with Crippen LogP contribution in [0.15, 0.2) is 11.4 Å². The summed E-state index contributed by atoms with van der Waals surface area (Å²) in [5.41, 5.74) is 6.70. The van der Waals surface area contributed by atoms with E-state index < -0.39 is 0 Å². The fraction of sp³-hybridized carbons (Fsp3) is 0.636. The van der Waals surface area contributed by atoms with Gasteiger partial charge >= 0.3 is 5.00 Å². The predicted molar refractivity (Wildman–Crippen MR) is 68.0 cm³/mol. The van der Waals surface area contributed by atoms with Crippen LogP contribution in [0.25, 0.3) is 0 Å². The molecule has 1 saturated heterocycles. The molecule has 0 saturated carbocycles. The molecule has 0 aromatic carbocycles. The van der Waals surface area contributed by atoms with Crippen molar-refractivity contribution in [2.24, 2.45) is 11.7 Å². The summed E-state index contributed by atoms with van der Waals surface area (Å²) in [5, 5.41) is 12.7. The number of likely N-dealkylation sites (tertiary alicyclic amines) is 1. The Balaban J connectivity index is 1.86. The molecule has 0 spiro atoms. The summed E-state index contributed by atoms with van der Waals surface area (Å²) in [5.74, 6) is 0.656. The third kappa shape index (κ3) is 3.24. The lowest BCUT2D eigenvalue weighted by Crippen LogP contribution is -2.35. The van der Waals surface area contributed by atoms with E-state index in [4.69, 9.17) is 5.73 Å². The second kappa shape index (κ2) is 5.57. The van der Waals surface area contributed by atoms with Gasteiger partial charge in [0.25, 0.3) is 0 Å². The van der Waals surface area contributed by atoms with Crippen molar-refractivity contribution in [1.82, 2.24) is 4.90 Å². The molecule has 0 unspecified atom stereocenters. The zero-order valence-corrected chi connectivity index (χ0v) is 10.5. The maximum Gasteiger partial charge on any atom is 0.324 e. The van der Waals surface area contributed by atoms with Gasteiger partial charge in [0.2, 0.25) is 0 Å². The summed E-state index contributed by atoms with van der Waals surface area (Å²) < 4.78 is 0. The molecule has 17 heavy (non-hydrogen) atoms. The highest BCUT2D eigenvalue weighted by Crippen LogP contribution is 2.25. The van der Waals surface area contributed by atoms with Crippen LogP contribution in [0.3, 0.4) is 0 Å². The van der Waals surface area contributed by atoms with Crippen molar-refractivity contribution in [1.29, 1.82) is 0 Å². The van der Waals surface area contributed by atoms with E-state index in [0.717, 1.165) is 44.6 Å². The summed E-state index contributed by atoms with van der Waals surface area (Å²) >= 11 is 1.21. The van der Waals surface area contributed by atoms with Gasteiger partial charge in [0, 0.05) is 18.0 Å². The van der Waals surface area contributed by atoms with E-state index in [2.05, 4.69) is 4.90 Å². The lowest BCUT2D eigenvalue weighted by molar-refractivity contribution is -0.380. The highest BCUT2D eigenvalue weighted by atomic mass is 32.1. The number of thiophene rings is 1. The normalized spacial score (nSPS) is 18.4. The van der Waals surface area contributed by atoms with Crippen LogP contribution >= 0.6 is 11.3 Å². The molecule has 2 heterocycles. The van der Waals surface area contributed by atoms with E-state index in [9.17, 15) is 10.1 Å². The lowest BCUT2D eigenvalue weighted by atomic mass is 9.97. The van der Waals surface area contributed by atoms with Gasteiger partial charge in [-0.25, -0.2) is 0 Å². The van der Waals surface area contributed by atoms with Crippen LogP contribution < -0.4 is 5.73 Å². The van der Waals surface area contributed by atoms with Gasteiger partial charge in [0.05, 0.1) is 4.92 Å². The topological polar surface area (TPSA) is 72.4 Å². The van der Waals surface area contributed by atoms with Gasteiger partial charge in [-0.15, -0.1) is 0 Å². The summed E-state index contributed by atoms with van der Waals surface area (Å²) in [6.45, 7) is 3.69. The molecule has 2 N–H and O–H groups in total. The van der Waals surface area contributed by atoms with Crippen molar-refractivity contribution in [2.45, 2.75) is 19.4 Å². The predicted octanol–water partition coefficient (Wildman–Crippen LogP) is 1.83. The van der Waals surface area contributed by atoms with E-state index in [0.29, 0.717) is 5.92 Å². The summed E-state index contributed by atoms with van der Waals surface area (Å²) in [6.07, 6.45) is 2.28. The second-order valence-corrected chi connectivity index (χ2v) is 5.40. The quantitative estimate of drug-likeness (QED) is 0.658. The Morgan fingerprint density at radius 2 is 2.24 bits per heavy atom. The largest absolute Gasteiger partial charge is 0.330 e. The fourth-order valence-electron chi connectivity index (χ4n) is 2.18. The SMILES string of the molecule is NCC1CCN(Cc2csc([N+](=O)[O-])c2)CC1. The molecule has 0 bridgehead atoms. The van der Waals surface area contributed by atoms with Crippen LogP contribution in [-0.4, -0.2) is 29.5 Å². The maximum atomic E-state index is 10.6. The van der Waals surface area contributed by atoms with Gasteiger partial charge in [-0.05, 0) is 44.0 Å². The minimum atomic E-state index is -0.325. The van der Waals surface area contributed by atoms with Gasteiger partial charge in [-0.1, -0.05) is 11.3 Å². The first-order chi connectivity index (χ1) is 8.19. The number of hydrogen-bond donors (Lipinski definition) is 1. The molecule has 0 amide bonds. The first-order valence-electron chi connectivity index (χ1n) is 5.83.